The zero-order valence-corrected chi connectivity index (χ0v) is 17.3. The predicted octanol–water partition coefficient (Wildman–Crippen LogP) is 3.97. The van der Waals surface area contributed by atoms with Gasteiger partial charge in [0.25, 0.3) is 5.91 Å². The van der Waals surface area contributed by atoms with Crippen LogP contribution in [0.2, 0.25) is 0 Å². The van der Waals surface area contributed by atoms with Crippen LogP contribution < -0.4 is 5.32 Å². The monoisotopic (exact) mass is 424 g/mol. The van der Waals surface area contributed by atoms with E-state index in [1.54, 1.807) is 36.6 Å². The molecule has 0 spiro atoms. The molecule has 1 saturated heterocycles. The van der Waals surface area contributed by atoms with Crippen LogP contribution in [0.25, 0.3) is 0 Å². The highest BCUT2D eigenvalue weighted by molar-refractivity contribution is 7.89. The van der Waals surface area contributed by atoms with Gasteiger partial charge in [-0.2, -0.15) is 4.31 Å². The Bertz CT molecular complexity index is 1090. The number of nitrogens with zero attached hydrogens (tertiary/aromatic N) is 1. The zero-order valence-electron chi connectivity index (χ0n) is 16.5. The molecule has 0 saturated carbocycles. The largest absolute Gasteiger partial charge is 0.467 e. The lowest BCUT2D eigenvalue weighted by Gasteiger charge is -2.26. The molecule has 1 amide bonds. The van der Waals surface area contributed by atoms with Crippen LogP contribution in [0.3, 0.4) is 0 Å². The van der Waals surface area contributed by atoms with Gasteiger partial charge in [-0.15, -0.1) is 0 Å². The van der Waals surface area contributed by atoms with Gasteiger partial charge in [-0.25, -0.2) is 8.42 Å². The van der Waals surface area contributed by atoms with E-state index in [0.717, 1.165) is 24.8 Å². The lowest BCUT2D eigenvalue weighted by atomic mass is 10.0. The van der Waals surface area contributed by atoms with Crippen LogP contribution >= 0.6 is 0 Å². The number of carbonyl (C=O) groups is 1. The third-order valence-corrected chi connectivity index (χ3v) is 7.18. The normalized spacial score (nSPS) is 16.1. The molecule has 1 unspecified atom stereocenters. The molecule has 1 aliphatic heterocycles. The molecular weight excluding hydrogens is 400 g/mol. The fraction of sp³-hybridized carbons (Fsp3) is 0.261. The molecule has 30 heavy (non-hydrogen) atoms. The van der Waals surface area contributed by atoms with Gasteiger partial charge in [-0.1, -0.05) is 42.8 Å². The molecule has 0 radical (unpaired) electrons. The fourth-order valence-electron chi connectivity index (χ4n) is 3.69. The molecule has 1 atom stereocenters. The van der Waals surface area contributed by atoms with E-state index in [1.165, 1.54) is 10.4 Å². The molecule has 4 rings (SSSR count). The van der Waals surface area contributed by atoms with Gasteiger partial charge in [-0.3, -0.25) is 4.79 Å². The van der Waals surface area contributed by atoms with Crippen molar-refractivity contribution < 1.29 is 17.6 Å². The van der Waals surface area contributed by atoms with E-state index >= 15 is 0 Å². The molecule has 0 aliphatic carbocycles. The van der Waals surface area contributed by atoms with Gasteiger partial charge in [0, 0.05) is 18.7 Å². The van der Waals surface area contributed by atoms with Crippen molar-refractivity contribution in [2.45, 2.75) is 30.2 Å². The number of hydrogen-bond donors (Lipinski definition) is 1. The van der Waals surface area contributed by atoms with Crippen molar-refractivity contribution in [3.05, 3.63) is 89.9 Å². The number of sulfonamides is 1. The lowest BCUT2D eigenvalue weighted by Crippen LogP contribution is -2.35. The number of piperidine rings is 1. The molecule has 156 valence electrons. The lowest BCUT2D eigenvalue weighted by molar-refractivity contribution is 0.0938. The summed E-state index contributed by atoms with van der Waals surface area (Å²) in [7, 11) is -3.61. The van der Waals surface area contributed by atoms with Crippen molar-refractivity contribution in [2.75, 3.05) is 13.1 Å². The Morgan fingerprint density at radius 2 is 1.70 bits per heavy atom. The Balaban J connectivity index is 1.59. The second-order valence-electron chi connectivity index (χ2n) is 7.33. The van der Waals surface area contributed by atoms with Crippen LogP contribution in [-0.2, 0) is 10.0 Å². The Labute approximate surface area is 176 Å². The summed E-state index contributed by atoms with van der Waals surface area (Å²) in [5, 5.41) is 2.97. The van der Waals surface area contributed by atoms with E-state index in [-0.39, 0.29) is 10.8 Å². The number of nitrogens with one attached hydrogen (secondary N) is 1. The first kappa shape index (κ1) is 20.4. The Hall–Kier alpha value is -2.90. The maximum absolute atomic E-state index is 13.0. The quantitative estimate of drug-likeness (QED) is 0.649. The molecule has 2 heterocycles. The van der Waals surface area contributed by atoms with Crippen molar-refractivity contribution in [1.29, 1.82) is 0 Å². The van der Waals surface area contributed by atoms with Gasteiger partial charge >= 0.3 is 0 Å². The van der Waals surface area contributed by atoms with Crippen molar-refractivity contribution in [3.8, 4) is 0 Å². The molecule has 7 heteroatoms. The molecule has 3 aromatic rings. The van der Waals surface area contributed by atoms with Gasteiger partial charge in [0.1, 0.15) is 11.8 Å². The van der Waals surface area contributed by atoms with Gasteiger partial charge in [0.05, 0.1) is 11.2 Å². The van der Waals surface area contributed by atoms with Gasteiger partial charge in [0.2, 0.25) is 10.0 Å². The fourth-order valence-corrected chi connectivity index (χ4v) is 5.25. The van der Waals surface area contributed by atoms with Gasteiger partial charge in [-0.05, 0) is 48.7 Å². The van der Waals surface area contributed by atoms with E-state index < -0.39 is 16.1 Å². The Kier molecular flexibility index (Phi) is 6.01. The first-order valence-corrected chi connectivity index (χ1v) is 11.5. The second-order valence-corrected chi connectivity index (χ2v) is 9.26. The maximum Gasteiger partial charge on any atom is 0.252 e. The molecular formula is C23H24N2O4S. The number of rotatable bonds is 6. The smallest absolute Gasteiger partial charge is 0.252 e. The average Bonchev–Trinajstić information content (AvgIpc) is 3.33. The summed E-state index contributed by atoms with van der Waals surface area (Å²) in [5.41, 5.74) is 1.17. The number of carbonyl (C=O) groups excluding carboxylic acids is 1. The Morgan fingerprint density at radius 3 is 2.40 bits per heavy atom. The number of hydrogen-bond acceptors (Lipinski definition) is 4. The van der Waals surface area contributed by atoms with Crippen LogP contribution in [0.1, 0.15) is 47.0 Å². The maximum atomic E-state index is 13.0. The Morgan fingerprint density at radius 1 is 0.933 bits per heavy atom. The van der Waals surface area contributed by atoms with E-state index in [1.807, 2.05) is 30.3 Å². The topological polar surface area (TPSA) is 79.6 Å². The van der Waals surface area contributed by atoms with Crippen LogP contribution in [0, 0.1) is 0 Å². The van der Waals surface area contributed by atoms with E-state index in [2.05, 4.69) is 5.32 Å². The van der Waals surface area contributed by atoms with E-state index in [9.17, 15) is 13.2 Å². The van der Waals surface area contributed by atoms with Crippen molar-refractivity contribution >= 4 is 15.9 Å². The summed E-state index contributed by atoms with van der Waals surface area (Å²) >= 11 is 0. The van der Waals surface area contributed by atoms with Crippen molar-refractivity contribution in [2.24, 2.45) is 0 Å². The SMILES string of the molecule is O=C(NC(c1ccccc1)c1ccco1)c1cccc(S(=O)(=O)N2CCCCC2)c1. The van der Waals surface area contributed by atoms with Crippen LogP contribution in [0.4, 0.5) is 0 Å². The minimum absolute atomic E-state index is 0.145. The average molecular weight is 425 g/mol. The number of furan rings is 1. The third kappa shape index (κ3) is 4.32. The summed E-state index contributed by atoms with van der Waals surface area (Å²) < 4.78 is 33.0. The molecule has 6 nitrogen and oxygen atoms in total. The number of amides is 1. The van der Waals surface area contributed by atoms with E-state index in [0.29, 0.717) is 24.4 Å². The summed E-state index contributed by atoms with van der Waals surface area (Å²) in [5.74, 6) is 0.239. The third-order valence-electron chi connectivity index (χ3n) is 5.29. The summed E-state index contributed by atoms with van der Waals surface area (Å²) in [4.78, 5) is 13.2. The minimum atomic E-state index is -3.61. The molecule has 1 N–H and O–H groups in total. The highest BCUT2D eigenvalue weighted by Gasteiger charge is 2.27. The van der Waals surface area contributed by atoms with Crippen LogP contribution in [0.15, 0.2) is 82.3 Å². The standard InChI is InChI=1S/C23H24N2O4S/c26-23(24-22(21-13-8-16-29-21)18-9-3-1-4-10-18)19-11-7-12-20(17-19)30(27,28)25-14-5-2-6-15-25/h1,3-4,7-13,16-17,22H,2,5-6,14-15H2,(H,24,26). The van der Waals surface area contributed by atoms with Crippen molar-refractivity contribution in [1.82, 2.24) is 9.62 Å². The van der Waals surface area contributed by atoms with Gasteiger partial charge in [0.15, 0.2) is 0 Å². The number of benzene rings is 2. The van der Waals surface area contributed by atoms with Crippen LogP contribution in [0.5, 0.6) is 0 Å². The molecule has 1 aliphatic rings. The first-order valence-electron chi connectivity index (χ1n) is 10.0. The second kappa shape index (κ2) is 8.85. The summed E-state index contributed by atoms with van der Waals surface area (Å²) in [6.07, 6.45) is 4.33. The first-order chi connectivity index (χ1) is 14.6. The highest BCUT2D eigenvalue weighted by atomic mass is 32.2. The van der Waals surface area contributed by atoms with Crippen molar-refractivity contribution in [3.63, 3.8) is 0 Å². The molecule has 2 aromatic carbocycles. The highest BCUT2D eigenvalue weighted by Crippen LogP contribution is 2.24. The van der Waals surface area contributed by atoms with Gasteiger partial charge < -0.3 is 9.73 Å². The molecule has 1 aromatic heterocycles. The van der Waals surface area contributed by atoms with E-state index in [4.69, 9.17) is 4.42 Å². The predicted molar refractivity (Wildman–Crippen MR) is 114 cm³/mol. The minimum Gasteiger partial charge on any atom is -0.467 e. The molecule has 1 fully saturated rings. The summed E-state index contributed by atoms with van der Waals surface area (Å²) in [6.45, 7) is 1.04. The summed E-state index contributed by atoms with van der Waals surface area (Å²) in [6, 6.07) is 18.8. The van der Waals surface area contributed by atoms with Crippen LogP contribution in [-0.4, -0.2) is 31.7 Å². The zero-order chi connectivity index (χ0) is 21.0. The molecule has 0 bridgehead atoms.